The van der Waals surface area contributed by atoms with Gasteiger partial charge in [-0.05, 0) is 30.7 Å². The summed E-state index contributed by atoms with van der Waals surface area (Å²) in [5.74, 6) is -0.0295. The average Bonchev–Trinajstić information content (AvgIpc) is 2.37. The summed E-state index contributed by atoms with van der Waals surface area (Å²) in [5.41, 5.74) is 2.83. The molecule has 0 bridgehead atoms. The first-order valence-electron chi connectivity index (χ1n) is 5.67. The number of carbonyl (C=O) groups is 1. The zero-order valence-corrected chi connectivity index (χ0v) is 10.9. The minimum absolute atomic E-state index is 0.337. The molecule has 0 unspecified atom stereocenters. The van der Waals surface area contributed by atoms with Crippen molar-refractivity contribution in [2.75, 3.05) is 0 Å². The smallest absolute Gasteiger partial charge is 0.335 e. The van der Waals surface area contributed by atoms with E-state index < -0.39 is 5.97 Å². The number of rotatable bonds is 4. The van der Waals surface area contributed by atoms with E-state index in [-0.39, 0.29) is 0 Å². The highest BCUT2D eigenvalue weighted by atomic mass is 32.2. The second kappa shape index (κ2) is 5.74. The van der Waals surface area contributed by atoms with Gasteiger partial charge in [-0.1, -0.05) is 35.9 Å². The summed E-state index contributed by atoms with van der Waals surface area (Å²) in [7, 11) is 0. The van der Waals surface area contributed by atoms with E-state index in [2.05, 4.69) is 25.1 Å². The molecule has 2 aromatic carbocycles. The van der Waals surface area contributed by atoms with Gasteiger partial charge in [0, 0.05) is 10.6 Å². The number of carboxylic acid groups (broad SMARTS) is 1. The Morgan fingerprint density at radius 3 is 2.67 bits per heavy atom. The molecule has 0 aromatic heterocycles. The molecule has 0 aliphatic carbocycles. The second-order valence-electron chi connectivity index (χ2n) is 4.11. The molecule has 0 fully saturated rings. The lowest BCUT2D eigenvalue weighted by atomic mass is 10.2. The number of benzene rings is 2. The highest BCUT2D eigenvalue weighted by Crippen LogP contribution is 2.23. The number of carboxylic acids is 1. The summed E-state index contributed by atoms with van der Waals surface area (Å²) < 4.78 is 0. The van der Waals surface area contributed by atoms with E-state index in [4.69, 9.17) is 5.11 Å². The molecule has 2 rings (SSSR count). The van der Waals surface area contributed by atoms with Gasteiger partial charge in [0.15, 0.2) is 0 Å². The van der Waals surface area contributed by atoms with E-state index in [0.29, 0.717) is 5.56 Å². The van der Waals surface area contributed by atoms with Gasteiger partial charge in [0.05, 0.1) is 5.56 Å². The zero-order valence-electron chi connectivity index (χ0n) is 10.1. The maximum Gasteiger partial charge on any atom is 0.335 e. The number of hydrogen-bond acceptors (Lipinski definition) is 2. The van der Waals surface area contributed by atoms with E-state index in [1.165, 1.54) is 11.1 Å². The SMILES string of the molecule is Cc1cccc(CSc2cccc(C(=O)O)c2)c1. The molecular weight excluding hydrogens is 244 g/mol. The Hall–Kier alpha value is -1.74. The third-order valence-electron chi connectivity index (χ3n) is 2.57. The van der Waals surface area contributed by atoms with E-state index in [1.54, 1.807) is 30.0 Å². The minimum atomic E-state index is -0.881. The lowest BCUT2D eigenvalue weighted by Gasteiger charge is -2.04. The normalized spacial score (nSPS) is 10.3. The van der Waals surface area contributed by atoms with Gasteiger partial charge in [-0.2, -0.15) is 0 Å². The van der Waals surface area contributed by atoms with Crippen molar-refractivity contribution in [1.29, 1.82) is 0 Å². The van der Waals surface area contributed by atoms with E-state index in [9.17, 15) is 4.79 Å². The largest absolute Gasteiger partial charge is 0.478 e. The molecule has 0 radical (unpaired) electrons. The maximum atomic E-state index is 10.9. The van der Waals surface area contributed by atoms with E-state index >= 15 is 0 Å². The van der Waals surface area contributed by atoms with Crippen LogP contribution >= 0.6 is 11.8 Å². The van der Waals surface area contributed by atoms with Crippen LogP contribution in [0, 0.1) is 6.92 Å². The summed E-state index contributed by atoms with van der Waals surface area (Å²) in [4.78, 5) is 11.8. The van der Waals surface area contributed by atoms with Gasteiger partial charge >= 0.3 is 5.97 Å². The van der Waals surface area contributed by atoms with Gasteiger partial charge in [-0.3, -0.25) is 0 Å². The standard InChI is InChI=1S/C15H14O2S/c1-11-4-2-5-12(8-11)10-18-14-7-3-6-13(9-14)15(16)17/h2-9H,10H2,1H3,(H,16,17). The average molecular weight is 258 g/mol. The Labute approximate surface area is 111 Å². The van der Waals surface area contributed by atoms with Crippen molar-refractivity contribution in [2.45, 2.75) is 17.6 Å². The van der Waals surface area contributed by atoms with Gasteiger partial charge in [-0.25, -0.2) is 4.79 Å². The van der Waals surface area contributed by atoms with Crippen LogP contribution in [0.1, 0.15) is 21.5 Å². The first kappa shape index (κ1) is 12.7. The van der Waals surface area contributed by atoms with Crippen molar-refractivity contribution in [3.63, 3.8) is 0 Å². The molecular formula is C15H14O2S. The first-order chi connectivity index (χ1) is 8.65. The fourth-order valence-electron chi connectivity index (χ4n) is 1.69. The molecule has 0 heterocycles. The number of aryl methyl sites for hydroxylation is 1. The Morgan fingerprint density at radius 2 is 1.94 bits per heavy atom. The first-order valence-corrected chi connectivity index (χ1v) is 6.65. The molecule has 0 amide bonds. The molecule has 2 nitrogen and oxygen atoms in total. The fourth-order valence-corrected chi connectivity index (χ4v) is 2.59. The molecule has 0 aliphatic heterocycles. The molecule has 92 valence electrons. The van der Waals surface area contributed by atoms with E-state index in [1.807, 2.05) is 12.1 Å². The monoisotopic (exact) mass is 258 g/mol. The van der Waals surface area contributed by atoms with Gasteiger partial charge in [0.1, 0.15) is 0 Å². The second-order valence-corrected chi connectivity index (χ2v) is 5.16. The summed E-state index contributed by atoms with van der Waals surface area (Å²) in [6.45, 7) is 2.07. The van der Waals surface area contributed by atoms with Crippen molar-refractivity contribution in [2.24, 2.45) is 0 Å². The lowest BCUT2D eigenvalue weighted by molar-refractivity contribution is 0.0696. The highest BCUT2D eigenvalue weighted by Gasteiger charge is 2.03. The van der Waals surface area contributed by atoms with Crippen LogP contribution in [0.3, 0.4) is 0 Å². The van der Waals surface area contributed by atoms with Gasteiger partial charge < -0.3 is 5.11 Å². The Morgan fingerprint density at radius 1 is 1.17 bits per heavy atom. The van der Waals surface area contributed by atoms with Crippen LogP contribution in [0.5, 0.6) is 0 Å². The van der Waals surface area contributed by atoms with Crippen LogP contribution < -0.4 is 0 Å². The predicted octanol–water partition coefficient (Wildman–Crippen LogP) is 3.99. The molecule has 18 heavy (non-hydrogen) atoms. The van der Waals surface area contributed by atoms with Crippen LogP contribution in [0.2, 0.25) is 0 Å². The molecule has 1 N–H and O–H groups in total. The zero-order chi connectivity index (χ0) is 13.0. The maximum absolute atomic E-state index is 10.9. The van der Waals surface area contributed by atoms with Crippen molar-refractivity contribution in [1.82, 2.24) is 0 Å². The molecule has 0 spiro atoms. The van der Waals surface area contributed by atoms with Gasteiger partial charge in [0.2, 0.25) is 0 Å². The molecule has 0 atom stereocenters. The Kier molecular flexibility index (Phi) is 4.05. The van der Waals surface area contributed by atoms with Gasteiger partial charge in [-0.15, -0.1) is 11.8 Å². The van der Waals surface area contributed by atoms with Crippen molar-refractivity contribution in [3.05, 3.63) is 65.2 Å². The third kappa shape index (κ3) is 3.37. The van der Waals surface area contributed by atoms with Crippen LogP contribution in [0.4, 0.5) is 0 Å². The Balaban J connectivity index is 2.06. The van der Waals surface area contributed by atoms with Crippen LogP contribution in [0.25, 0.3) is 0 Å². The van der Waals surface area contributed by atoms with Crippen molar-refractivity contribution >= 4 is 17.7 Å². The number of aromatic carboxylic acids is 1. The molecule has 0 aliphatic rings. The molecule has 3 heteroatoms. The number of hydrogen-bond donors (Lipinski definition) is 1. The summed E-state index contributed by atoms with van der Waals surface area (Å²) in [6, 6.07) is 15.4. The topological polar surface area (TPSA) is 37.3 Å². The van der Waals surface area contributed by atoms with E-state index in [0.717, 1.165) is 10.6 Å². The summed E-state index contributed by atoms with van der Waals surface area (Å²) in [5, 5.41) is 8.92. The minimum Gasteiger partial charge on any atom is -0.478 e. The van der Waals surface area contributed by atoms with Crippen molar-refractivity contribution < 1.29 is 9.90 Å². The van der Waals surface area contributed by atoms with Crippen LogP contribution in [-0.2, 0) is 5.75 Å². The third-order valence-corrected chi connectivity index (χ3v) is 3.63. The van der Waals surface area contributed by atoms with Gasteiger partial charge in [0.25, 0.3) is 0 Å². The van der Waals surface area contributed by atoms with Crippen molar-refractivity contribution in [3.8, 4) is 0 Å². The predicted molar refractivity (Wildman–Crippen MR) is 74.1 cm³/mol. The quantitative estimate of drug-likeness (QED) is 0.843. The van der Waals surface area contributed by atoms with Crippen LogP contribution in [-0.4, -0.2) is 11.1 Å². The molecule has 2 aromatic rings. The lowest BCUT2D eigenvalue weighted by Crippen LogP contribution is -1.95. The fraction of sp³-hybridized carbons (Fsp3) is 0.133. The van der Waals surface area contributed by atoms with Crippen LogP contribution in [0.15, 0.2) is 53.4 Å². The summed E-state index contributed by atoms with van der Waals surface area (Å²) >= 11 is 1.65. The molecule has 0 saturated heterocycles. The number of thioether (sulfide) groups is 1. The Bertz CT molecular complexity index is 564. The summed E-state index contributed by atoms with van der Waals surface area (Å²) in [6.07, 6.45) is 0. The highest BCUT2D eigenvalue weighted by molar-refractivity contribution is 7.98. The molecule has 0 saturated carbocycles.